The Kier molecular flexibility index (Phi) is 4.87. The maximum atomic E-state index is 12.9. The molecule has 1 aromatic carbocycles. The number of hydrogen-bond donors (Lipinski definition) is 0. The molecule has 0 radical (unpaired) electrons. The fourth-order valence-corrected chi connectivity index (χ4v) is 5.23. The minimum absolute atomic E-state index is 0.000914. The van der Waals surface area contributed by atoms with E-state index in [-0.39, 0.29) is 16.5 Å². The molecule has 0 aliphatic carbocycles. The first-order valence-corrected chi connectivity index (χ1v) is 12.4. The largest absolute Gasteiger partial charge is 0.414 e. The molecule has 24 heavy (non-hydrogen) atoms. The number of benzene rings is 1. The molecule has 0 amide bonds. The quantitative estimate of drug-likeness (QED) is 0.568. The Bertz CT molecular complexity index is 721. The highest BCUT2D eigenvalue weighted by Gasteiger charge is 2.70. The molecule has 0 N–H and O–H groups in total. The van der Waals surface area contributed by atoms with Crippen LogP contribution in [0.15, 0.2) is 35.2 Å². The number of ketones is 1. The Morgan fingerprint density at radius 1 is 1.25 bits per heavy atom. The molecule has 2 rings (SSSR count). The van der Waals surface area contributed by atoms with Crippen molar-refractivity contribution in [2.24, 2.45) is 0 Å². The summed E-state index contributed by atoms with van der Waals surface area (Å²) in [5, 5.41) is -0.000914. The molecule has 1 aromatic rings. The summed E-state index contributed by atoms with van der Waals surface area (Å²) >= 11 is 0. The highest BCUT2D eigenvalue weighted by molar-refractivity contribution is 7.93. The summed E-state index contributed by atoms with van der Waals surface area (Å²) in [6.07, 6.45) is -0.755. The summed E-state index contributed by atoms with van der Waals surface area (Å²) in [5.74, 6) is -0.504. The number of ether oxygens (including phenoxy) is 1. The van der Waals surface area contributed by atoms with Gasteiger partial charge in [0.2, 0.25) is 9.84 Å². The Balaban J connectivity index is 2.24. The number of hydrogen-bond acceptors (Lipinski definition) is 5. The van der Waals surface area contributed by atoms with Gasteiger partial charge >= 0.3 is 0 Å². The summed E-state index contributed by atoms with van der Waals surface area (Å²) in [6, 6.07) is 7.95. The van der Waals surface area contributed by atoms with Crippen molar-refractivity contribution < 1.29 is 22.4 Å². The average Bonchev–Trinajstić information content (AvgIpc) is 3.21. The van der Waals surface area contributed by atoms with Crippen molar-refractivity contribution in [1.29, 1.82) is 0 Å². The SMILES string of the molecule is CC(=O)[C@@]1(S(=O)(=O)c2ccccc2)O[C@H]1CO[Si](C)(C)C(C)(C)C. The molecule has 5 nitrogen and oxygen atoms in total. The van der Waals surface area contributed by atoms with Gasteiger partial charge in [-0.1, -0.05) is 39.0 Å². The third kappa shape index (κ3) is 3.10. The minimum Gasteiger partial charge on any atom is -0.414 e. The normalized spacial score (nSPS) is 24.7. The van der Waals surface area contributed by atoms with E-state index in [4.69, 9.17) is 9.16 Å². The van der Waals surface area contributed by atoms with E-state index in [1.54, 1.807) is 18.2 Å². The van der Waals surface area contributed by atoms with Crippen molar-refractivity contribution in [3.05, 3.63) is 30.3 Å². The van der Waals surface area contributed by atoms with E-state index < -0.39 is 35.0 Å². The Morgan fingerprint density at radius 2 is 1.79 bits per heavy atom. The van der Waals surface area contributed by atoms with Crippen LogP contribution in [0.25, 0.3) is 0 Å². The predicted molar refractivity (Wildman–Crippen MR) is 95.1 cm³/mol. The molecule has 1 heterocycles. The van der Waals surface area contributed by atoms with Crippen LogP contribution in [0, 0.1) is 0 Å². The summed E-state index contributed by atoms with van der Waals surface area (Å²) in [7, 11) is -5.96. The van der Waals surface area contributed by atoms with Gasteiger partial charge in [-0.25, -0.2) is 8.42 Å². The van der Waals surface area contributed by atoms with Crippen LogP contribution in [-0.4, -0.2) is 40.2 Å². The van der Waals surface area contributed by atoms with E-state index in [9.17, 15) is 13.2 Å². The van der Waals surface area contributed by atoms with Crippen molar-refractivity contribution in [3.8, 4) is 0 Å². The van der Waals surface area contributed by atoms with E-state index in [0.29, 0.717) is 0 Å². The predicted octanol–water partition coefficient (Wildman–Crippen LogP) is 3.17. The number of Topliss-reactive ketones (excluding diaryl/α,β-unsaturated/α-hetero) is 1. The van der Waals surface area contributed by atoms with Crippen molar-refractivity contribution in [2.45, 2.75) is 61.8 Å². The molecule has 0 spiro atoms. The van der Waals surface area contributed by atoms with Gasteiger partial charge in [0.05, 0.1) is 11.5 Å². The van der Waals surface area contributed by atoms with Crippen molar-refractivity contribution >= 4 is 23.9 Å². The van der Waals surface area contributed by atoms with E-state index in [0.717, 1.165) is 0 Å². The third-order valence-corrected chi connectivity index (χ3v) is 11.9. The Hall–Kier alpha value is -1.02. The van der Waals surface area contributed by atoms with E-state index in [2.05, 4.69) is 33.9 Å². The van der Waals surface area contributed by atoms with Gasteiger partial charge in [0, 0.05) is 0 Å². The molecule has 0 aromatic heterocycles. The molecule has 1 aliphatic rings. The van der Waals surface area contributed by atoms with Gasteiger partial charge in [0.25, 0.3) is 4.93 Å². The fourth-order valence-electron chi connectivity index (χ4n) is 2.33. The Morgan fingerprint density at radius 3 is 2.25 bits per heavy atom. The number of sulfone groups is 1. The van der Waals surface area contributed by atoms with Crippen molar-refractivity contribution in [1.82, 2.24) is 0 Å². The maximum absolute atomic E-state index is 12.9. The summed E-state index contributed by atoms with van der Waals surface area (Å²) in [5.41, 5.74) is 0. The fraction of sp³-hybridized carbons (Fsp3) is 0.588. The first-order valence-electron chi connectivity index (χ1n) is 7.99. The molecule has 1 saturated heterocycles. The average molecular weight is 371 g/mol. The van der Waals surface area contributed by atoms with Crippen LogP contribution in [0.4, 0.5) is 0 Å². The molecular weight excluding hydrogens is 344 g/mol. The Labute approximate surface area is 145 Å². The number of carbonyl (C=O) groups excluding carboxylic acids is 1. The zero-order valence-corrected chi connectivity index (χ0v) is 16.9. The van der Waals surface area contributed by atoms with Crippen LogP contribution < -0.4 is 0 Å². The smallest absolute Gasteiger partial charge is 0.260 e. The lowest BCUT2D eigenvalue weighted by Gasteiger charge is -2.36. The van der Waals surface area contributed by atoms with Crippen LogP contribution >= 0.6 is 0 Å². The first-order chi connectivity index (χ1) is 10.9. The maximum Gasteiger partial charge on any atom is 0.260 e. The molecule has 134 valence electrons. The number of rotatable bonds is 6. The van der Waals surface area contributed by atoms with Gasteiger partial charge in [-0.3, -0.25) is 4.79 Å². The highest BCUT2D eigenvalue weighted by Crippen LogP contribution is 2.47. The lowest BCUT2D eigenvalue weighted by Crippen LogP contribution is -2.43. The van der Waals surface area contributed by atoms with Gasteiger partial charge in [-0.15, -0.1) is 0 Å². The van der Waals surface area contributed by atoms with Gasteiger partial charge < -0.3 is 9.16 Å². The van der Waals surface area contributed by atoms with Crippen molar-refractivity contribution in [3.63, 3.8) is 0 Å². The van der Waals surface area contributed by atoms with Gasteiger partial charge in [-0.05, 0) is 37.2 Å². The third-order valence-electron chi connectivity index (χ3n) is 5.03. The minimum atomic E-state index is -3.92. The van der Waals surface area contributed by atoms with Crippen LogP contribution in [0.1, 0.15) is 27.7 Å². The summed E-state index contributed by atoms with van der Waals surface area (Å²) in [4.78, 5) is 10.4. The first kappa shape index (κ1) is 19.3. The molecule has 0 bridgehead atoms. The van der Waals surface area contributed by atoms with E-state index in [1.165, 1.54) is 19.1 Å². The number of epoxide rings is 1. The second kappa shape index (κ2) is 6.05. The highest BCUT2D eigenvalue weighted by atomic mass is 32.2. The van der Waals surface area contributed by atoms with E-state index in [1.807, 2.05) is 0 Å². The summed E-state index contributed by atoms with van der Waals surface area (Å²) < 4.78 is 37.3. The van der Waals surface area contributed by atoms with Crippen LogP contribution in [0.5, 0.6) is 0 Å². The second-order valence-electron chi connectivity index (χ2n) is 7.72. The molecule has 0 unspecified atom stereocenters. The molecular formula is C17H26O5SSi. The topological polar surface area (TPSA) is 73.0 Å². The van der Waals surface area contributed by atoms with Gasteiger partial charge in [0.1, 0.15) is 6.10 Å². The zero-order valence-electron chi connectivity index (χ0n) is 15.1. The molecule has 1 aliphatic heterocycles. The van der Waals surface area contributed by atoms with Crippen molar-refractivity contribution in [2.75, 3.05) is 6.61 Å². The monoisotopic (exact) mass is 370 g/mol. The molecule has 1 fully saturated rings. The standard InChI is InChI=1S/C17H26O5SSi/c1-13(18)17(23(19,20)14-10-8-7-9-11-14)15(22-17)12-21-24(5,6)16(2,3)4/h7-11,15H,12H2,1-6H3/t15-,17-/m0/s1. The molecule has 0 saturated carbocycles. The lowest BCUT2D eigenvalue weighted by molar-refractivity contribution is -0.119. The second-order valence-corrected chi connectivity index (χ2v) is 14.6. The van der Waals surface area contributed by atoms with Crippen LogP contribution in [-0.2, 0) is 23.8 Å². The number of carbonyl (C=O) groups is 1. The van der Waals surface area contributed by atoms with Crippen LogP contribution in [0.2, 0.25) is 18.1 Å². The van der Waals surface area contributed by atoms with Gasteiger partial charge in [-0.2, -0.15) is 0 Å². The zero-order chi connectivity index (χ0) is 18.4. The van der Waals surface area contributed by atoms with E-state index >= 15 is 0 Å². The molecule has 2 atom stereocenters. The van der Waals surface area contributed by atoms with Crippen LogP contribution in [0.3, 0.4) is 0 Å². The molecule has 7 heteroatoms. The van der Waals surface area contributed by atoms with Gasteiger partial charge in [0.15, 0.2) is 14.1 Å². The summed E-state index contributed by atoms with van der Waals surface area (Å²) in [6.45, 7) is 11.8. The lowest BCUT2D eigenvalue weighted by atomic mass is 10.2.